The molecule has 0 bridgehead atoms. The molecule has 0 rings (SSSR count). The maximum absolute atomic E-state index is 8.74. The summed E-state index contributed by atoms with van der Waals surface area (Å²) in [6, 6.07) is 0. The van der Waals surface area contributed by atoms with Gasteiger partial charge in [-0.1, -0.05) is 0 Å². The fraction of sp³-hybridized carbons (Fsp3) is 0. The van der Waals surface area contributed by atoms with Crippen molar-refractivity contribution in [1.29, 1.82) is 0 Å². The fourth-order valence-corrected chi connectivity index (χ4v) is 0. The molecule has 0 aliphatic heterocycles. The van der Waals surface area contributed by atoms with E-state index in [-0.39, 0.29) is 33.8 Å². The summed E-state index contributed by atoms with van der Waals surface area (Å²) in [5, 5.41) is 0. The Bertz CT molecular complexity index is 94.9. The van der Waals surface area contributed by atoms with Gasteiger partial charge in [-0.25, -0.2) is 0 Å². The molecule has 0 amide bonds. The second-order valence-electron chi connectivity index (χ2n) is 0.448. The van der Waals surface area contributed by atoms with Crippen LogP contribution in [0.1, 0.15) is 0 Å². The van der Waals surface area contributed by atoms with Gasteiger partial charge in [-0.15, -0.1) is 0 Å². The Morgan fingerprint density at radius 3 is 1.14 bits per heavy atom. The molecule has 0 aromatic rings. The molecule has 0 saturated heterocycles. The van der Waals surface area contributed by atoms with Crippen LogP contribution in [0.2, 0.25) is 0 Å². The molecule has 0 aliphatic carbocycles. The van der Waals surface area contributed by atoms with E-state index in [1.54, 1.807) is 0 Å². The van der Waals surface area contributed by atoms with Crippen molar-refractivity contribution in [2.45, 2.75) is 0 Å². The third-order valence-electron chi connectivity index (χ3n) is 0. The van der Waals surface area contributed by atoms with E-state index in [0.29, 0.717) is 0 Å². The molecular formula is H5HgNO4S. The first kappa shape index (κ1) is 15.7. The van der Waals surface area contributed by atoms with Crippen LogP contribution in [0.3, 0.4) is 0 Å². The van der Waals surface area contributed by atoms with Gasteiger partial charge < -0.3 is 6.15 Å². The van der Waals surface area contributed by atoms with E-state index in [1.165, 1.54) is 0 Å². The Labute approximate surface area is 61.8 Å². The van der Waals surface area contributed by atoms with Crippen LogP contribution >= 0.6 is 0 Å². The van der Waals surface area contributed by atoms with Gasteiger partial charge >= 0.3 is 10.4 Å². The number of hydrogen-bond acceptors (Lipinski definition) is 3. The Morgan fingerprint density at radius 1 is 1.14 bits per heavy atom. The summed E-state index contributed by atoms with van der Waals surface area (Å²) in [6.07, 6.45) is 0. The normalized spacial score (nSPS) is 8.29. The second-order valence-corrected chi connectivity index (χ2v) is 1.34. The third kappa shape index (κ3) is 262. The predicted octanol–water partition coefficient (Wildman–Crippen LogP) is -0.493. The fourth-order valence-electron chi connectivity index (χ4n) is 0. The average molecular weight is 316 g/mol. The van der Waals surface area contributed by atoms with Crippen LogP contribution in [0, 0.1) is 0 Å². The molecule has 7 heavy (non-hydrogen) atoms. The van der Waals surface area contributed by atoms with E-state index in [4.69, 9.17) is 17.5 Å². The van der Waals surface area contributed by atoms with E-state index in [1.807, 2.05) is 0 Å². The van der Waals surface area contributed by atoms with E-state index in [9.17, 15) is 0 Å². The molecule has 42 valence electrons. The van der Waals surface area contributed by atoms with Gasteiger partial charge in [-0.2, -0.15) is 8.42 Å². The maximum Gasteiger partial charge on any atom is 0.394 e. The first-order valence-electron chi connectivity index (χ1n) is 0.698. The summed E-state index contributed by atoms with van der Waals surface area (Å²) in [6.45, 7) is 0. The zero-order chi connectivity index (χ0) is 4.50. The Hall–Kier alpha value is 0.765. The minimum absolute atomic E-state index is 0. The summed E-state index contributed by atoms with van der Waals surface area (Å²) >= 11 is 0. The van der Waals surface area contributed by atoms with Crippen molar-refractivity contribution in [3.05, 3.63) is 0 Å². The van der Waals surface area contributed by atoms with Crippen molar-refractivity contribution in [1.82, 2.24) is 6.15 Å². The molecule has 0 heterocycles. The summed E-state index contributed by atoms with van der Waals surface area (Å²) in [7, 11) is -4.67. The van der Waals surface area contributed by atoms with Crippen LogP contribution in [-0.2, 0) is 38.1 Å². The molecule has 0 unspecified atom stereocenters. The molecule has 0 aromatic carbocycles. The standard InChI is InChI=1S/Hg.H3N.H2O4S/c;;1-5(2,3)4/h;1H3;(H2,1,2,3,4). The summed E-state index contributed by atoms with van der Waals surface area (Å²) < 4.78 is 31.6. The molecule has 0 fully saturated rings. The van der Waals surface area contributed by atoms with Crippen molar-refractivity contribution >= 4 is 10.4 Å². The maximum atomic E-state index is 8.74. The topological polar surface area (TPSA) is 110 Å². The smallest absolute Gasteiger partial charge is 0.344 e. The van der Waals surface area contributed by atoms with Crippen molar-refractivity contribution < 1.29 is 45.2 Å². The van der Waals surface area contributed by atoms with Crippen LogP contribution in [0.25, 0.3) is 0 Å². The van der Waals surface area contributed by atoms with Gasteiger partial charge in [0.2, 0.25) is 0 Å². The molecule has 0 atom stereocenters. The first-order valence-corrected chi connectivity index (χ1v) is 2.10. The molecule has 0 aliphatic rings. The van der Waals surface area contributed by atoms with Gasteiger partial charge in [-0.05, 0) is 0 Å². The number of rotatable bonds is 0. The largest absolute Gasteiger partial charge is 0.394 e. The Kier molecular flexibility index (Phi) is 11.0. The summed E-state index contributed by atoms with van der Waals surface area (Å²) in [5.41, 5.74) is 0. The van der Waals surface area contributed by atoms with Crippen molar-refractivity contribution in [2.75, 3.05) is 0 Å². The zero-order valence-corrected chi connectivity index (χ0v) is 9.85. The van der Waals surface area contributed by atoms with Crippen LogP contribution in [0.5, 0.6) is 0 Å². The predicted molar refractivity (Wildman–Crippen MR) is 19.2 cm³/mol. The molecule has 0 aromatic heterocycles. The van der Waals surface area contributed by atoms with Crippen molar-refractivity contribution in [3.8, 4) is 0 Å². The monoisotopic (exact) mass is 317 g/mol. The second kappa shape index (κ2) is 4.91. The van der Waals surface area contributed by atoms with E-state index < -0.39 is 10.4 Å². The van der Waals surface area contributed by atoms with Crippen LogP contribution in [-0.4, -0.2) is 17.5 Å². The SMILES string of the molecule is N.O=S(=O)(O)O.[Hg]. The van der Waals surface area contributed by atoms with Gasteiger partial charge in [0.15, 0.2) is 0 Å². The van der Waals surface area contributed by atoms with E-state index in [2.05, 4.69) is 0 Å². The van der Waals surface area contributed by atoms with Gasteiger partial charge in [0, 0.05) is 27.7 Å². The molecule has 0 radical (unpaired) electrons. The third-order valence-corrected chi connectivity index (χ3v) is 0. The average Bonchev–Trinajstić information content (AvgIpc) is 0.722. The van der Waals surface area contributed by atoms with E-state index in [0.717, 1.165) is 0 Å². The van der Waals surface area contributed by atoms with Crippen molar-refractivity contribution in [3.63, 3.8) is 0 Å². The Morgan fingerprint density at radius 2 is 1.14 bits per heavy atom. The number of hydrogen-bond donors (Lipinski definition) is 3. The zero-order valence-electron chi connectivity index (χ0n) is 3.53. The van der Waals surface area contributed by atoms with Gasteiger partial charge in [-0.3, -0.25) is 9.11 Å². The molecule has 0 spiro atoms. The van der Waals surface area contributed by atoms with Crippen LogP contribution in [0.15, 0.2) is 0 Å². The Balaban J connectivity index is -0.0000000800. The van der Waals surface area contributed by atoms with Gasteiger partial charge in [0.25, 0.3) is 0 Å². The molecule has 0 saturated carbocycles. The van der Waals surface area contributed by atoms with Crippen molar-refractivity contribution in [2.24, 2.45) is 0 Å². The van der Waals surface area contributed by atoms with E-state index >= 15 is 0 Å². The quantitative estimate of drug-likeness (QED) is 0.413. The molecule has 7 heteroatoms. The molecular weight excluding hydrogens is 311 g/mol. The van der Waals surface area contributed by atoms with Crippen LogP contribution < -0.4 is 6.15 Å². The summed E-state index contributed by atoms with van der Waals surface area (Å²) in [5.74, 6) is 0. The van der Waals surface area contributed by atoms with Crippen LogP contribution in [0.4, 0.5) is 0 Å². The summed E-state index contributed by atoms with van der Waals surface area (Å²) in [4.78, 5) is 0. The van der Waals surface area contributed by atoms with Gasteiger partial charge in [0.1, 0.15) is 0 Å². The minimum Gasteiger partial charge on any atom is -0.344 e. The minimum atomic E-state index is -4.67. The molecule has 5 N–H and O–H groups in total. The first-order chi connectivity index (χ1) is 2.00. The van der Waals surface area contributed by atoms with Gasteiger partial charge in [0.05, 0.1) is 0 Å². The molecule has 5 nitrogen and oxygen atoms in total.